The van der Waals surface area contributed by atoms with Gasteiger partial charge in [0.05, 0.1) is 35.6 Å². The van der Waals surface area contributed by atoms with E-state index in [-0.39, 0.29) is 55.1 Å². The first kappa shape index (κ1) is 42.8. The summed E-state index contributed by atoms with van der Waals surface area (Å²) < 4.78 is 19.0. The molecule has 0 saturated carbocycles. The van der Waals surface area contributed by atoms with E-state index in [0.717, 1.165) is 0 Å². The van der Waals surface area contributed by atoms with E-state index >= 15 is 0 Å². The number of aromatic nitrogens is 8. The number of hydrogen-bond acceptors (Lipinski definition) is 11. The number of nitrogens with one attached hydrogen (secondary N) is 2. The smallest absolute Gasteiger partial charge is 0.276 e. The molecule has 0 bridgehead atoms. The molecule has 0 spiro atoms. The summed E-state index contributed by atoms with van der Waals surface area (Å²) >= 11 is 0. The molecular formula is C43H50N12O7. The number of carbonyl (C=O) groups is 4. The van der Waals surface area contributed by atoms with Gasteiger partial charge in [-0.15, -0.1) is 0 Å². The Balaban J connectivity index is 1.40. The molecule has 0 atom stereocenters. The number of carbonyl (C=O) groups excluding carboxylic acids is 4. The molecule has 0 saturated heterocycles. The molecule has 0 unspecified atom stereocenters. The van der Waals surface area contributed by atoms with Crippen molar-refractivity contribution in [2.45, 2.75) is 79.6 Å². The van der Waals surface area contributed by atoms with E-state index in [1.165, 1.54) is 12.1 Å². The lowest BCUT2D eigenvalue weighted by molar-refractivity contribution is 0.0991. The van der Waals surface area contributed by atoms with E-state index in [2.05, 4.69) is 20.8 Å². The van der Waals surface area contributed by atoms with Crippen LogP contribution in [0.25, 0.3) is 28.1 Å². The van der Waals surface area contributed by atoms with Crippen LogP contribution in [-0.2, 0) is 26.2 Å². The summed E-state index contributed by atoms with van der Waals surface area (Å²) in [5, 5.41) is 24.8. The van der Waals surface area contributed by atoms with Gasteiger partial charge in [-0.25, -0.2) is 9.97 Å². The largest absolute Gasteiger partial charge is 0.491 e. The molecule has 7 N–H and O–H groups in total. The van der Waals surface area contributed by atoms with E-state index in [1.54, 1.807) is 36.7 Å². The molecule has 7 rings (SSSR count). The van der Waals surface area contributed by atoms with Crippen molar-refractivity contribution >= 4 is 63.7 Å². The van der Waals surface area contributed by atoms with Crippen molar-refractivity contribution in [3.8, 4) is 11.5 Å². The number of primary amides is 2. The quantitative estimate of drug-likeness (QED) is 0.0931. The van der Waals surface area contributed by atoms with Crippen LogP contribution in [0.2, 0.25) is 0 Å². The van der Waals surface area contributed by atoms with Crippen LogP contribution >= 0.6 is 0 Å². The van der Waals surface area contributed by atoms with E-state index in [9.17, 15) is 24.3 Å². The second-order valence-electron chi connectivity index (χ2n) is 14.8. The highest BCUT2D eigenvalue weighted by Crippen LogP contribution is 2.34. The number of nitrogens with zero attached hydrogens (tertiary/aromatic N) is 8. The zero-order valence-electron chi connectivity index (χ0n) is 35.1. The van der Waals surface area contributed by atoms with Gasteiger partial charge in [-0.3, -0.25) is 39.2 Å². The number of imidazole rings is 2. The van der Waals surface area contributed by atoms with Crippen molar-refractivity contribution in [1.82, 2.24) is 38.7 Å². The normalized spacial score (nSPS) is 14.8. The van der Waals surface area contributed by atoms with Crippen LogP contribution in [0.3, 0.4) is 0 Å². The minimum absolute atomic E-state index is 0.118. The van der Waals surface area contributed by atoms with Crippen LogP contribution in [0.1, 0.15) is 98.2 Å². The summed E-state index contributed by atoms with van der Waals surface area (Å²) in [5.41, 5.74) is 16.1. The average Bonchev–Trinajstić information content (AvgIpc) is 3.98. The average molecular weight is 847 g/mol. The van der Waals surface area contributed by atoms with Crippen molar-refractivity contribution in [3.63, 3.8) is 0 Å². The van der Waals surface area contributed by atoms with E-state index in [1.807, 2.05) is 52.0 Å². The van der Waals surface area contributed by atoms with Crippen LogP contribution < -0.4 is 31.6 Å². The highest BCUT2D eigenvalue weighted by atomic mass is 16.5. The summed E-state index contributed by atoms with van der Waals surface area (Å²) in [6, 6.07) is 7.88. The Bertz CT molecular complexity index is 2750. The Morgan fingerprint density at radius 3 is 1.97 bits per heavy atom. The van der Waals surface area contributed by atoms with Gasteiger partial charge in [-0.05, 0) is 70.4 Å². The number of fused-ring (bicyclic) bond motifs is 8. The van der Waals surface area contributed by atoms with Crippen LogP contribution in [0.15, 0.2) is 48.6 Å². The maximum absolute atomic E-state index is 14.4. The molecule has 62 heavy (non-hydrogen) atoms. The van der Waals surface area contributed by atoms with Gasteiger partial charge < -0.3 is 35.2 Å². The van der Waals surface area contributed by atoms with Gasteiger partial charge in [-0.2, -0.15) is 10.2 Å². The highest BCUT2D eigenvalue weighted by molar-refractivity contribution is 6.07. The minimum atomic E-state index is -0.697. The third kappa shape index (κ3) is 8.78. The van der Waals surface area contributed by atoms with Crippen LogP contribution in [0.5, 0.6) is 11.5 Å². The second kappa shape index (κ2) is 18.5. The Morgan fingerprint density at radius 1 is 0.806 bits per heavy atom. The van der Waals surface area contributed by atoms with Gasteiger partial charge in [0.2, 0.25) is 23.7 Å². The van der Waals surface area contributed by atoms with Gasteiger partial charge in [0, 0.05) is 55.9 Å². The SMILES string of the molecule is CCCOc1cc(C(N)=O)cc2nc3n(c12)C/C=C/Cn1c(nc2cc(C(N)=O)cc(OCCCO)c21)NC(=O)c1c(c(C)nn1CC)/C=C\CCCn1nc(C)cc1C(=O)N3. The first-order chi connectivity index (χ1) is 29.9. The van der Waals surface area contributed by atoms with E-state index < -0.39 is 23.6 Å². The molecule has 0 fully saturated rings. The highest BCUT2D eigenvalue weighted by Gasteiger charge is 2.25. The number of rotatable bonds is 10. The summed E-state index contributed by atoms with van der Waals surface area (Å²) in [7, 11) is 0. The van der Waals surface area contributed by atoms with Crippen molar-refractivity contribution < 1.29 is 33.8 Å². The lowest BCUT2D eigenvalue weighted by Gasteiger charge is -2.14. The van der Waals surface area contributed by atoms with E-state index in [0.29, 0.717) is 102 Å². The number of benzene rings is 2. The third-order valence-corrected chi connectivity index (χ3v) is 10.2. The number of allylic oxidation sites excluding steroid dienone is 3. The second-order valence-corrected chi connectivity index (χ2v) is 14.8. The van der Waals surface area contributed by atoms with Crippen LogP contribution in [-0.4, -0.2) is 87.2 Å². The lowest BCUT2D eigenvalue weighted by Crippen LogP contribution is -2.21. The predicted octanol–water partition coefficient (Wildman–Crippen LogP) is 4.73. The Hall–Kier alpha value is -7.28. The standard InChI is InChI=1S/C43H50N12O7/c1-5-18-61-33-23-27(38(44)57)21-30-36(33)52-14-10-11-15-53-37-31(22-28(39(45)58)24-34(37)62-19-12-17-56)47-43(53)49-41(60)35-29(26(4)51-54(35)6-2)13-8-7-9-16-55-32(20-25(3)50-55)40(59)48-42(52)46-30/h8,10-11,13,20-24,56H,5-7,9,12,14-19H2,1-4H3,(H2,44,57)(H2,45,58)(H,46,48,59)(H,47,49,60)/b11-10+,13-8-. The molecule has 0 aliphatic carbocycles. The van der Waals surface area contributed by atoms with E-state index in [4.69, 9.17) is 30.9 Å². The monoisotopic (exact) mass is 846 g/mol. The first-order valence-corrected chi connectivity index (χ1v) is 20.5. The van der Waals surface area contributed by atoms with Gasteiger partial charge in [-0.1, -0.05) is 31.2 Å². The van der Waals surface area contributed by atoms with Gasteiger partial charge in [0.1, 0.15) is 33.9 Å². The fourth-order valence-electron chi connectivity index (χ4n) is 7.38. The van der Waals surface area contributed by atoms with Gasteiger partial charge >= 0.3 is 0 Å². The fraction of sp³-hybridized carbons (Fsp3) is 0.349. The van der Waals surface area contributed by atoms with Crippen molar-refractivity contribution in [2.75, 3.05) is 30.5 Å². The number of aliphatic hydroxyl groups is 1. The van der Waals surface area contributed by atoms with Crippen molar-refractivity contribution in [1.29, 1.82) is 0 Å². The molecule has 6 aromatic rings. The first-order valence-electron chi connectivity index (χ1n) is 20.5. The van der Waals surface area contributed by atoms with Gasteiger partial charge in [0.15, 0.2) is 0 Å². The predicted molar refractivity (Wildman–Crippen MR) is 232 cm³/mol. The topological polar surface area (TPSA) is 254 Å². The van der Waals surface area contributed by atoms with Crippen molar-refractivity contribution in [3.05, 3.63) is 88.0 Å². The Morgan fingerprint density at radius 2 is 1.40 bits per heavy atom. The number of nitrogens with two attached hydrogens (primary N) is 2. The number of aliphatic hydroxyl groups excluding tert-OH is 1. The number of anilines is 2. The third-order valence-electron chi connectivity index (χ3n) is 10.2. The fourth-order valence-corrected chi connectivity index (χ4v) is 7.38. The number of amides is 4. The maximum atomic E-state index is 14.4. The summed E-state index contributed by atoms with van der Waals surface area (Å²) in [6.07, 6.45) is 9.75. The summed E-state index contributed by atoms with van der Waals surface area (Å²) in [4.78, 5) is 62.9. The molecular weight excluding hydrogens is 797 g/mol. The maximum Gasteiger partial charge on any atom is 0.276 e. The molecule has 1 aliphatic heterocycles. The van der Waals surface area contributed by atoms with Gasteiger partial charge in [0.25, 0.3) is 11.8 Å². The summed E-state index contributed by atoms with van der Waals surface area (Å²) in [5.74, 6) is -1.27. The molecule has 1 aliphatic rings. The Kier molecular flexibility index (Phi) is 12.8. The number of hydrogen-bond donors (Lipinski definition) is 5. The zero-order chi connectivity index (χ0) is 44.1. The molecule has 19 nitrogen and oxygen atoms in total. The summed E-state index contributed by atoms with van der Waals surface area (Å²) in [6.45, 7) is 9.01. The molecule has 0 radical (unpaired) electrons. The van der Waals surface area contributed by atoms with Crippen LogP contribution in [0, 0.1) is 13.8 Å². The molecule has 4 amide bonds. The lowest BCUT2D eigenvalue weighted by atomic mass is 10.1. The van der Waals surface area contributed by atoms with Crippen molar-refractivity contribution in [2.24, 2.45) is 11.5 Å². The molecule has 2 aromatic carbocycles. The number of ether oxygens (including phenoxy) is 2. The number of aryl methyl sites for hydroxylation is 4. The Labute approximate surface area is 356 Å². The zero-order valence-corrected chi connectivity index (χ0v) is 35.1. The molecule has 4 aromatic heterocycles. The minimum Gasteiger partial charge on any atom is -0.491 e. The molecule has 324 valence electrons. The van der Waals surface area contributed by atoms with Crippen LogP contribution in [0.4, 0.5) is 11.9 Å². The molecule has 5 heterocycles. The molecule has 19 heteroatoms.